The molecule has 0 saturated heterocycles. The number of aliphatic hydroxyl groups excluding tert-OH is 1. The average Bonchev–Trinajstić information content (AvgIpc) is 1.63. The van der Waals surface area contributed by atoms with Crippen molar-refractivity contribution in [1.29, 1.82) is 0 Å². The summed E-state index contributed by atoms with van der Waals surface area (Å²) in [5.74, 6) is 0.541. The summed E-state index contributed by atoms with van der Waals surface area (Å²) < 4.78 is 0. The highest BCUT2D eigenvalue weighted by Gasteiger charge is 1.97. The largest absolute Gasteiger partial charge is 0.389 e. The van der Waals surface area contributed by atoms with Crippen LogP contribution in [0.2, 0.25) is 0 Å². The van der Waals surface area contributed by atoms with Gasteiger partial charge in [-0.15, -0.1) is 0 Å². The Balaban J connectivity index is 3.84. The number of rotatable bonds is 2. The molecule has 1 heteroatoms. The third kappa shape index (κ3) is 4.22. The first kappa shape index (κ1) is 8.70. The minimum absolute atomic E-state index is 0.285. The van der Waals surface area contributed by atoms with Gasteiger partial charge >= 0.3 is 0 Å². The van der Waals surface area contributed by atoms with Gasteiger partial charge in [0.1, 0.15) is 0 Å². The van der Waals surface area contributed by atoms with Crippen molar-refractivity contribution < 1.29 is 5.11 Å². The predicted molar refractivity (Wildman–Crippen MR) is 40.3 cm³/mol. The molecule has 0 amide bonds. The zero-order valence-corrected chi connectivity index (χ0v) is 6.68. The van der Waals surface area contributed by atoms with Crippen LogP contribution >= 0.6 is 0 Å². The number of allylic oxidation sites excluding steroid dienone is 1. The molecule has 0 aromatic carbocycles. The fourth-order valence-corrected chi connectivity index (χ4v) is 0.665. The maximum atomic E-state index is 9.00. The maximum absolute atomic E-state index is 9.00. The van der Waals surface area contributed by atoms with Crippen LogP contribution in [0.1, 0.15) is 27.7 Å². The highest BCUT2D eigenvalue weighted by Crippen LogP contribution is 2.04. The Morgan fingerprint density at radius 1 is 1.33 bits per heavy atom. The summed E-state index contributed by atoms with van der Waals surface area (Å²) in [5.41, 5.74) is 1.06. The van der Waals surface area contributed by atoms with Crippen molar-refractivity contribution >= 4 is 0 Å². The maximum Gasteiger partial charge on any atom is 0.0719 e. The van der Waals surface area contributed by atoms with E-state index in [0.29, 0.717) is 5.92 Å². The minimum atomic E-state index is -0.285. The molecule has 1 unspecified atom stereocenters. The summed E-state index contributed by atoms with van der Waals surface area (Å²) in [6, 6.07) is 0. The van der Waals surface area contributed by atoms with Gasteiger partial charge in [-0.1, -0.05) is 19.9 Å². The third-order valence-corrected chi connectivity index (χ3v) is 1.26. The first-order valence-electron chi connectivity index (χ1n) is 3.40. The van der Waals surface area contributed by atoms with Crippen molar-refractivity contribution in [2.75, 3.05) is 0 Å². The fourth-order valence-electron chi connectivity index (χ4n) is 0.665. The van der Waals surface area contributed by atoms with Crippen molar-refractivity contribution in [3.8, 4) is 0 Å². The lowest BCUT2D eigenvalue weighted by atomic mass is 10.1. The Morgan fingerprint density at radius 3 is 1.89 bits per heavy atom. The lowest BCUT2D eigenvalue weighted by Gasteiger charge is -2.04. The minimum Gasteiger partial charge on any atom is -0.389 e. The molecule has 0 heterocycles. The van der Waals surface area contributed by atoms with Crippen LogP contribution in [0.3, 0.4) is 0 Å². The summed E-state index contributed by atoms with van der Waals surface area (Å²) in [6.07, 6.45) is 1.79. The van der Waals surface area contributed by atoms with Gasteiger partial charge in [-0.05, 0) is 25.3 Å². The second-order valence-corrected chi connectivity index (χ2v) is 2.83. The quantitative estimate of drug-likeness (QED) is 0.564. The zero-order chi connectivity index (χ0) is 7.44. The van der Waals surface area contributed by atoms with Gasteiger partial charge in [-0.25, -0.2) is 0 Å². The molecule has 0 fully saturated rings. The monoisotopic (exact) mass is 128 g/mol. The molecule has 0 rings (SSSR count). The molecule has 0 aromatic heterocycles. The molecule has 0 spiro atoms. The van der Waals surface area contributed by atoms with Crippen molar-refractivity contribution in [3.05, 3.63) is 11.6 Å². The van der Waals surface area contributed by atoms with E-state index in [-0.39, 0.29) is 6.10 Å². The molecular weight excluding hydrogens is 112 g/mol. The van der Waals surface area contributed by atoms with Gasteiger partial charge in [0.25, 0.3) is 0 Å². The standard InChI is InChI=1S/C8H16O/c1-6(2)5-7(3)8(4)9/h5-6,8-9H,1-4H3/b7-5+. The van der Waals surface area contributed by atoms with Crippen LogP contribution in [0.15, 0.2) is 11.6 Å². The van der Waals surface area contributed by atoms with E-state index in [1.165, 1.54) is 0 Å². The smallest absolute Gasteiger partial charge is 0.0719 e. The van der Waals surface area contributed by atoms with E-state index in [2.05, 4.69) is 19.9 Å². The summed E-state index contributed by atoms with van der Waals surface area (Å²) in [4.78, 5) is 0. The first-order valence-corrected chi connectivity index (χ1v) is 3.40. The Morgan fingerprint density at radius 2 is 1.78 bits per heavy atom. The molecule has 9 heavy (non-hydrogen) atoms. The normalized spacial score (nSPS) is 16.4. The van der Waals surface area contributed by atoms with Crippen LogP contribution in [-0.2, 0) is 0 Å². The van der Waals surface area contributed by atoms with Gasteiger partial charge in [0.2, 0.25) is 0 Å². The Bertz CT molecular complexity index is 101. The van der Waals surface area contributed by atoms with Gasteiger partial charge in [0.05, 0.1) is 6.10 Å². The van der Waals surface area contributed by atoms with Crippen LogP contribution in [0.4, 0.5) is 0 Å². The lowest BCUT2D eigenvalue weighted by molar-refractivity contribution is 0.230. The molecule has 0 bridgehead atoms. The molecule has 1 nitrogen and oxygen atoms in total. The molecule has 1 N–H and O–H groups in total. The van der Waals surface area contributed by atoms with Crippen LogP contribution in [0.5, 0.6) is 0 Å². The van der Waals surface area contributed by atoms with E-state index < -0.39 is 0 Å². The predicted octanol–water partition coefficient (Wildman–Crippen LogP) is 1.97. The molecule has 0 aromatic rings. The molecule has 0 aliphatic carbocycles. The molecule has 0 aliphatic rings. The van der Waals surface area contributed by atoms with Crippen LogP contribution in [-0.4, -0.2) is 11.2 Å². The number of aliphatic hydroxyl groups is 1. The fraction of sp³-hybridized carbons (Fsp3) is 0.750. The first-order chi connectivity index (χ1) is 4.04. The van der Waals surface area contributed by atoms with Gasteiger partial charge < -0.3 is 5.11 Å². The van der Waals surface area contributed by atoms with Crippen LogP contribution < -0.4 is 0 Å². The van der Waals surface area contributed by atoms with Gasteiger partial charge in [0, 0.05) is 0 Å². The second-order valence-electron chi connectivity index (χ2n) is 2.83. The Hall–Kier alpha value is -0.300. The average molecular weight is 128 g/mol. The van der Waals surface area contributed by atoms with Gasteiger partial charge in [0.15, 0.2) is 0 Å². The molecule has 0 radical (unpaired) electrons. The lowest BCUT2D eigenvalue weighted by Crippen LogP contribution is -2.01. The van der Waals surface area contributed by atoms with E-state index in [1.807, 2.05) is 6.92 Å². The molecule has 1 atom stereocenters. The van der Waals surface area contributed by atoms with Gasteiger partial charge in [-0.3, -0.25) is 0 Å². The topological polar surface area (TPSA) is 20.2 Å². The van der Waals surface area contributed by atoms with Crippen molar-refractivity contribution in [1.82, 2.24) is 0 Å². The molecular formula is C8H16O. The van der Waals surface area contributed by atoms with Crippen LogP contribution in [0, 0.1) is 5.92 Å². The molecule has 0 aliphatic heterocycles. The van der Waals surface area contributed by atoms with E-state index >= 15 is 0 Å². The Kier molecular flexibility index (Phi) is 3.55. The summed E-state index contributed by atoms with van der Waals surface area (Å²) in [6.45, 7) is 7.94. The van der Waals surface area contributed by atoms with E-state index in [9.17, 15) is 0 Å². The summed E-state index contributed by atoms with van der Waals surface area (Å²) in [5, 5.41) is 9.00. The second kappa shape index (κ2) is 3.67. The third-order valence-electron chi connectivity index (χ3n) is 1.26. The summed E-state index contributed by atoms with van der Waals surface area (Å²) >= 11 is 0. The Labute approximate surface area is 57.4 Å². The highest BCUT2D eigenvalue weighted by molar-refractivity contribution is 5.03. The highest BCUT2D eigenvalue weighted by atomic mass is 16.3. The van der Waals surface area contributed by atoms with E-state index in [4.69, 9.17) is 5.11 Å². The van der Waals surface area contributed by atoms with Gasteiger partial charge in [-0.2, -0.15) is 0 Å². The SMILES string of the molecule is C/C(=C\C(C)C)C(C)O. The number of hydrogen-bond acceptors (Lipinski definition) is 1. The van der Waals surface area contributed by atoms with Crippen molar-refractivity contribution in [2.24, 2.45) is 5.92 Å². The zero-order valence-electron chi connectivity index (χ0n) is 6.68. The van der Waals surface area contributed by atoms with Crippen LogP contribution in [0.25, 0.3) is 0 Å². The van der Waals surface area contributed by atoms with E-state index in [0.717, 1.165) is 5.57 Å². The number of hydrogen-bond donors (Lipinski definition) is 1. The van der Waals surface area contributed by atoms with Crippen molar-refractivity contribution in [2.45, 2.75) is 33.8 Å². The summed E-state index contributed by atoms with van der Waals surface area (Å²) in [7, 11) is 0. The molecule has 54 valence electrons. The van der Waals surface area contributed by atoms with Crippen molar-refractivity contribution in [3.63, 3.8) is 0 Å². The molecule has 0 saturated carbocycles. The van der Waals surface area contributed by atoms with E-state index in [1.54, 1.807) is 6.92 Å².